The highest BCUT2D eigenvalue weighted by Crippen LogP contribution is 2.24. The Bertz CT molecular complexity index is 770. The summed E-state index contributed by atoms with van der Waals surface area (Å²) in [6, 6.07) is 0. The molecule has 24 heavy (non-hydrogen) atoms. The molecule has 0 aliphatic rings. The first-order chi connectivity index (χ1) is 11.3. The summed E-state index contributed by atoms with van der Waals surface area (Å²) < 4.78 is 2.87. The Balaban J connectivity index is 1.79. The smallest absolute Gasteiger partial charge is 0.309 e. The molecule has 0 aromatic carbocycles. The van der Waals surface area contributed by atoms with Crippen LogP contribution in [-0.4, -0.2) is 36.9 Å². The third-order valence-electron chi connectivity index (χ3n) is 3.43. The van der Waals surface area contributed by atoms with Crippen LogP contribution in [-0.2, 0) is 17.9 Å². The van der Waals surface area contributed by atoms with Crippen molar-refractivity contribution in [2.45, 2.75) is 33.4 Å². The van der Waals surface area contributed by atoms with Crippen molar-refractivity contribution < 1.29 is 9.72 Å². The Kier molecular flexibility index (Phi) is 5.79. The summed E-state index contributed by atoms with van der Waals surface area (Å²) in [6.07, 6.45) is 1.75. The van der Waals surface area contributed by atoms with E-state index in [9.17, 15) is 14.9 Å². The minimum atomic E-state index is -0.530. The summed E-state index contributed by atoms with van der Waals surface area (Å²) in [6.45, 7) is 4.16. The Morgan fingerprint density at radius 3 is 2.62 bits per heavy atom. The minimum absolute atomic E-state index is 0.0763. The Morgan fingerprint density at radius 1 is 1.38 bits per heavy atom. The number of carbonyl (C=O) groups excluding carboxylic acids is 1. The largest absolute Gasteiger partial charge is 0.354 e. The second kappa shape index (κ2) is 7.63. The van der Waals surface area contributed by atoms with E-state index in [1.165, 1.54) is 4.68 Å². The van der Waals surface area contributed by atoms with Gasteiger partial charge in [-0.05, 0) is 20.3 Å². The number of nitrogens with one attached hydrogen (secondary N) is 1. The molecule has 1 amide bonds. The van der Waals surface area contributed by atoms with Gasteiger partial charge < -0.3 is 5.32 Å². The van der Waals surface area contributed by atoms with Crippen LogP contribution in [0, 0.1) is 24.0 Å². The zero-order valence-corrected chi connectivity index (χ0v) is 14.6. The maximum Gasteiger partial charge on any atom is 0.309 e. The van der Waals surface area contributed by atoms with Crippen molar-refractivity contribution in [1.29, 1.82) is 0 Å². The summed E-state index contributed by atoms with van der Waals surface area (Å²) in [4.78, 5) is 22.1. The van der Waals surface area contributed by atoms with E-state index in [4.69, 9.17) is 23.2 Å². The molecule has 2 aromatic heterocycles. The number of nitrogens with zero attached hydrogens (tertiary/aromatic N) is 5. The third-order valence-corrected chi connectivity index (χ3v) is 4.37. The van der Waals surface area contributed by atoms with E-state index in [0.29, 0.717) is 41.1 Å². The second-order valence-corrected chi connectivity index (χ2v) is 5.88. The Hall–Kier alpha value is -2.13. The SMILES string of the molecule is Cc1nn(CCCNC(=O)Cn2ncc([N+](=O)[O-])c2C)c(Cl)c1Cl. The molecule has 0 bridgehead atoms. The number of carbonyl (C=O) groups is 1. The summed E-state index contributed by atoms with van der Waals surface area (Å²) in [5, 5.41) is 22.3. The van der Waals surface area contributed by atoms with Crippen LogP contribution in [0.4, 0.5) is 5.69 Å². The molecule has 0 aliphatic carbocycles. The lowest BCUT2D eigenvalue weighted by molar-refractivity contribution is -0.385. The van der Waals surface area contributed by atoms with Crippen LogP contribution >= 0.6 is 23.2 Å². The molecule has 0 unspecified atom stereocenters. The Morgan fingerprint density at radius 2 is 2.08 bits per heavy atom. The van der Waals surface area contributed by atoms with Gasteiger partial charge in [0.2, 0.25) is 5.91 Å². The average molecular weight is 375 g/mol. The van der Waals surface area contributed by atoms with Crippen LogP contribution in [0.25, 0.3) is 0 Å². The van der Waals surface area contributed by atoms with Crippen LogP contribution in [0.2, 0.25) is 10.2 Å². The van der Waals surface area contributed by atoms with E-state index >= 15 is 0 Å². The van der Waals surface area contributed by atoms with Crippen molar-refractivity contribution in [2.75, 3.05) is 6.54 Å². The van der Waals surface area contributed by atoms with Crippen LogP contribution in [0.15, 0.2) is 6.20 Å². The molecule has 130 valence electrons. The van der Waals surface area contributed by atoms with Crippen molar-refractivity contribution in [2.24, 2.45) is 0 Å². The van der Waals surface area contributed by atoms with Gasteiger partial charge in [-0.25, -0.2) is 0 Å². The molecule has 0 aliphatic heterocycles. The molecule has 0 spiro atoms. The number of hydrogen-bond acceptors (Lipinski definition) is 5. The first kappa shape index (κ1) is 18.2. The first-order valence-electron chi connectivity index (χ1n) is 7.13. The number of nitro groups is 1. The maximum absolute atomic E-state index is 11.9. The standard InChI is InChI=1S/C13H16Cl2N6O3/c1-8-12(14)13(15)19(18-8)5-3-4-16-11(22)7-20-9(2)10(6-17-20)21(23)24/h6H,3-5,7H2,1-2H3,(H,16,22). The highest BCUT2D eigenvalue weighted by Gasteiger charge is 2.17. The molecule has 0 saturated carbocycles. The monoisotopic (exact) mass is 374 g/mol. The van der Waals surface area contributed by atoms with E-state index in [1.807, 2.05) is 0 Å². The Labute approximate surface area is 147 Å². The quantitative estimate of drug-likeness (QED) is 0.453. The maximum atomic E-state index is 11.9. The van der Waals surface area contributed by atoms with Gasteiger partial charge in [-0.3, -0.25) is 24.3 Å². The second-order valence-electron chi connectivity index (χ2n) is 5.15. The van der Waals surface area contributed by atoms with E-state index in [0.717, 1.165) is 6.20 Å². The molecular formula is C13H16Cl2N6O3. The van der Waals surface area contributed by atoms with E-state index < -0.39 is 4.92 Å². The summed E-state index contributed by atoms with van der Waals surface area (Å²) in [7, 11) is 0. The van der Waals surface area contributed by atoms with E-state index in [1.54, 1.807) is 18.5 Å². The van der Waals surface area contributed by atoms with E-state index in [2.05, 4.69) is 15.5 Å². The molecule has 2 rings (SSSR count). The third kappa shape index (κ3) is 4.04. The molecule has 0 atom stereocenters. The number of aromatic nitrogens is 4. The van der Waals surface area contributed by atoms with Gasteiger partial charge in [0.15, 0.2) is 0 Å². The average Bonchev–Trinajstić information content (AvgIpc) is 3.00. The lowest BCUT2D eigenvalue weighted by atomic mass is 10.4. The highest BCUT2D eigenvalue weighted by molar-refractivity contribution is 6.41. The summed E-state index contributed by atoms with van der Waals surface area (Å²) >= 11 is 12.0. The number of halogens is 2. The van der Waals surface area contributed by atoms with Gasteiger partial charge in [-0.15, -0.1) is 0 Å². The first-order valence-corrected chi connectivity index (χ1v) is 7.88. The van der Waals surface area contributed by atoms with Gasteiger partial charge in [-0.1, -0.05) is 23.2 Å². The molecule has 0 saturated heterocycles. The molecule has 9 nitrogen and oxygen atoms in total. The van der Waals surface area contributed by atoms with Gasteiger partial charge in [0.25, 0.3) is 0 Å². The molecule has 0 radical (unpaired) electrons. The summed E-state index contributed by atoms with van der Waals surface area (Å²) in [5.74, 6) is -0.281. The highest BCUT2D eigenvalue weighted by atomic mass is 35.5. The predicted molar refractivity (Wildman–Crippen MR) is 88.2 cm³/mol. The van der Waals surface area contributed by atoms with Gasteiger partial charge in [-0.2, -0.15) is 10.2 Å². The van der Waals surface area contributed by atoms with Gasteiger partial charge >= 0.3 is 5.69 Å². The fourth-order valence-electron chi connectivity index (χ4n) is 2.10. The van der Waals surface area contributed by atoms with Crippen LogP contribution < -0.4 is 5.32 Å². The zero-order valence-electron chi connectivity index (χ0n) is 13.1. The lowest BCUT2D eigenvalue weighted by Gasteiger charge is -2.07. The zero-order chi connectivity index (χ0) is 17.9. The van der Waals surface area contributed by atoms with Crippen molar-refractivity contribution in [3.63, 3.8) is 0 Å². The fraction of sp³-hybridized carbons (Fsp3) is 0.462. The minimum Gasteiger partial charge on any atom is -0.354 e. The predicted octanol–water partition coefficient (Wildman–Crippen LogP) is 2.12. The van der Waals surface area contributed by atoms with Crippen molar-refractivity contribution in [3.8, 4) is 0 Å². The van der Waals surface area contributed by atoms with Gasteiger partial charge in [0.05, 0.1) is 10.6 Å². The molecule has 2 heterocycles. The number of rotatable bonds is 7. The fourth-order valence-corrected chi connectivity index (χ4v) is 2.50. The van der Waals surface area contributed by atoms with Crippen molar-refractivity contribution >= 4 is 34.8 Å². The van der Waals surface area contributed by atoms with Crippen LogP contribution in [0.3, 0.4) is 0 Å². The molecule has 2 aromatic rings. The van der Waals surface area contributed by atoms with Gasteiger partial charge in [0.1, 0.15) is 28.6 Å². The number of hydrogen-bond donors (Lipinski definition) is 1. The molecular weight excluding hydrogens is 359 g/mol. The number of amides is 1. The van der Waals surface area contributed by atoms with Crippen molar-refractivity contribution in [3.05, 3.63) is 37.9 Å². The summed E-state index contributed by atoms with van der Waals surface area (Å²) in [5.41, 5.74) is 0.883. The lowest BCUT2D eigenvalue weighted by Crippen LogP contribution is -2.29. The molecule has 0 fully saturated rings. The van der Waals surface area contributed by atoms with Crippen LogP contribution in [0.1, 0.15) is 17.8 Å². The molecule has 11 heteroatoms. The van der Waals surface area contributed by atoms with Gasteiger partial charge in [0, 0.05) is 13.1 Å². The van der Waals surface area contributed by atoms with Crippen molar-refractivity contribution in [1.82, 2.24) is 24.9 Å². The van der Waals surface area contributed by atoms with E-state index in [-0.39, 0.29) is 18.1 Å². The normalized spacial score (nSPS) is 10.8. The van der Waals surface area contributed by atoms with Crippen LogP contribution in [0.5, 0.6) is 0 Å². The molecule has 1 N–H and O–H groups in total. The number of aryl methyl sites for hydroxylation is 2. The topological polar surface area (TPSA) is 108 Å².